The number of nitrogens with zero attached hydrogens (tertiary/aromatic N) is 4. The highest BCUT2D eigenvalue weighted by Gasteiger charge is 2.34. The highest BCUT2D eigenvalue weighted by Crippen LogP contribution is 2.29. The Hall–Kier alpha value is -5.00. The van der Waals surface area contributed by atoms with Gasteiger partial charge in [0.1, 0.15) is 17.3 Å². The average molecular weight is 543 g/mol. The highest BCUT2D eigenvalue weighted by molar-refractivity contribution is 6.15. The third-order valence-corrected chi connectivity index (χ3v) is 6.07. The number of imidazole rings is 1. The van der Waals surface area contributed by atoms with Gasteiger partial charge in [0, 0.05) is 5.56 Å². The maximum Gasteiger partial charge on any atom is 0.277 e. The zero-order valence-electron chi connectivity index (χ0n) is 22.2. The van der Waals surface area contributed by atoms with Gasteiger partial charge in [-0.15, -0.1) is 0 Å². The first kappa shape index (κ1) is 26.6. The first-order valence-corrected chi connectivity index (χ1v) is 13.1. The van der Waals surface area contributed by atoms with E-state index in [1.807, 2.05) is 55.5 Å². The molecule has 2 aromatic carbocycles. The third kappa shape index (κ3) is 5.70. The molecule has 0 fully saturated rings. The molecule has 40 heavy (non-hydrogen) atoms. The monoisotopic (exact) mass is 542 g/mol. The molecule has 4 aromatic rings. The van der Waals surface area contributed by atoms with E-state index in [4.69, 9.17) is 9.47 Å². The third-order valence-electron chi connectivity index (χ3n) is 6.07. The Balaban J connectivity index is 0.000000161. The predicted molar refractivity (Wildman–Crippen MR) is 152 cm³/mol. The fraction of sp³-hybridized carbons (Fsp3) is 0.286. The van der Waals surface area contributed by atoms with Crippen molar-refractivity contribution in [2.45, 2.75) is 38.9 Å². The minimum absolute atomic E-state index is 0.122. The van der Waals surface area contributed by atoms with Gasteiger partial charge in [-0.3, -0.25) is 9.59 Å². The number of aromatic nitrogens is 4. The summed E-state index contributed by atoms with van der Waals surface area (Å²) in [5.41, 5.74) is 2.13. The van der Waals surface area contributed by atoms with E-state index in [1.165, 1.54) is 12.7 Å². The number of amidine groups is 1. The van der Waals surface area contributed by atoms with Crippen LogP contribution in [0.5, 0.6) is 11.5 Å². The SMILES string of the molecule is CCCOc1ccccc1-c1nc2nc[nH]c2c(=O)[nH]1.CCCOc1ccccc1C1N=C2N=CNC2C(=O)N1. The second kappa shape index (κ2) is 12.2. The number of carbonyl (C=O) groups is 1. The summed E-state index contributed by atoms with van der Waals surface area (Å²) in [6, 6.07) is 14.6. The molecule has 2 aromatic heterocycles. The number of ether oxygens (including phenoxy) is 2. The minimum Gasteiger partial charge on any atom is -0.493 e. The van der Waals surface area contributed by atoms with Crippen LogP contribution in [0.15, 0.2) is 69.6 Å². The van der Waals surface area contributed by atoms with Crippen LogP contribution in [0.2, 0.25) is 0 Å². The fourth-order valence-electron chi connectivity index (χ4n) is 4.18. The van der Waals surface area contributed by atoms with Gasteiger partial charge in [-0.05, 0) is 31.0 Å². The minimum atomic E-state index is -0.463. The molecule has 0 saturated heterocycles. The van der Waals surface area contributed by atoms with E-state index in [0.29, 0.717) is 41.8 Å². The Kier molecular flexibility index (Phi) is 8.14. The number of fused-ring (bicyclic) bond motifs is 2. The van der Waals surface area contributed by atoms with E-state index in [9.17, 15) is 9.59 Å². The zero-order chi connectivity index (χ0) is 27.9. The van der Waals surface area contributed by atoms with Crippen LogP contribution >= 0.6 is 0 Å². The molecule has 0 aliphatic carbocycles. The second-order valence-corrected chi connectivity index (χ2v) is 9.00. The molecular formula is C28H30N8O4. The van der Waals surface area contributed by atoms with Crippen molar-refractivity contribution in [1.29, 1.82) is 0 Å². The summed E-state index contributed by atoms with van der Waals surface area (Å²) in [7, 11) is 0. The molecule has 4 heterocycles. The fourth-order valence-corrected chi connectivity index (χ4v) is 4.18. The Bertz CT molecular complexity index is 1610. The summed E-state index contributed by atoms with van der Waals surface area (Å²) < 4.78 is 11.4. The van der Waals surface area contributed by atoms with Crippen LogP contribution in [0, 0.1) is 0 Å². The van der Waals surface area contributed by atoms with Crippen molar-refractivity contribution in [3.63, 3.8) is 0 Å². The van der Waals surface area contributed by atoms with E-state index >= 15 is 0 Å². The molecule has 0 bridgehead atoms. The molecule has 0 saturated carbocycles. The van der Waals surface area contributed by atoms with Crippen LogP contribution in [-0.4, -0.2) is 57.3 Å². The smallest absolute Gasteiger partial charge is 0.277 e. The largest absolute Gasteiger partial charge is 0.493 e. The molecule has 0 spiro atoms. The topological polar surface area (TPSA) is 159 Å². The molecule has 2 aliphatic rings. The van der Waals surface area contributed by atoms with Crippen molar-refractivity contribution in [3.8, 4) is 22.9 Å². The second-order valence-electron chi connectivity index (χ2n) is 9.00. The summed E-state index contributed by atoms with van der Waals surface area (Å²) in [5.74, 6) is 2.30. The van der Waals surface area contributed by atoms with Gasteiger partial charge in [-0.25, -0.2) is 20.0 Å². The van der Waals surface area contributed by atoms with Gasteiger partial charge in [0.2, 0.25) is 0 Å². The molecular weight excluding hydrogens is 512 g/mol. The molecule has 206 valence electrons. The molecule has 0 radical (unpaired) electrons. The lowest BCUT2D eigenvalue weighted by atomic mass is 10.1. The number of H-pyrrole nitrogens is 2. The van der Waals surface area contributed by atoms with Crippen molar-refractivity contribution in [3.05, 3.63) is 70.8 Å². The predicted octanol–water partition coefficient (Wildman–Crippen LogP) is 3.10. The number of hydrogen-bond acceptors (Lipinski definition) is 9. The summed E-state index contributed by atoms with van der Waals surface area (Å²) in [6.45, 7) is 5.34. The zero-order valence-corrected chi connectivity index (χ0v) is 22.2. The maximum absolute atomic E-state index is 12.0. The van der Waals surface area contributed by atoms with E-state index < -0.39 is 12.2 Å². The highest BCUT2D eigenvalue weighted by atomic mass is 16.5. The Morgan fingerprint density at radius 2 is 1.65 bits per heavy atom. The van der Waals surface area contributed by atoms with Crippen molar-refractivity contribution < 1.29 is 14.3 Å². The number of rotatable bonds is 8. The Morgan fingerprint density at radius 3 is 2.45 bits per heavy atom. The van der Waals surface area contributed by atoms with E-state index in [0.717, 1.165) is 29.7 Å². The van der Waals surface area contributed by atoms with E-state index in [-0.39, 0.29) is 11.5 Å². The molecule has 12 nitrogen and oxygen atoms in total. The van der Waals surface area contributed by atoms with Crippen LogP contribution in [0.25, 0.3) is 22.6 Å². The molecule has 6 rings (SSSR count). The van der Waals surface area contributed by atoms with Crippen LogP contribution < -0.4 is 25.7 Å². The summed E-state index contributed by atoms with van der Waals surface area (Å²) in [5, 5.41) is 5.74. The molecule has 4 N–H and O–H groups in total. The van der Waals surface area contributed by atoms with Crippen molar-refractivity contribution >= 4 is 29.2 Å². The molecule has 12 heteroatoms. The van der Waals surface area contributed by atoms with Gasteiger partial charge in [-0.1, -0.05) is 44.2 Å². The molecule has 1 amide bonds. The number of para-hydroxylation sites is 2. The van der Waals surface area contributed by atoms with Gasteiger partial charge < -0.3 is 30.1 Å². The molecule has 2 atom stereocenters. The number of nitrogens with one attached hydrogen (secondary N) is 4. The molecule has 2 unspecified atom stereocenters. The lowest BCUT2D eigenvalue weighted by Crippen LogP contribution is -2.49. The maximum atomic E-state index is 12.0. The number of benzene rings is 2. The van der Waals surface area contributed by atoms with Gasteiger partial charge in [0.15, 0.2) is 29.2 Å². The number of aliphatic imine (C=N–C) groups is 2. The lowest BCUT2D eigenvalue weighted by Gasteiger charge is -2.25. The quantitative estimate of drug-likeness (QED) is 0.266. The van der Waals surface area contributed by atoms with Gasteiger partial charge in [-0.2, -0.15) is 0 Å². The van der Waals surface area contributed by atoms with E-state index in [2.05, 4.69) is 47.5 Å². The summed E-state index contributed by atoms with van der Waals surface area (Å²) in [6.07, 6.45) is 4.35. The number of hydrogen-bond donors (Lipinski definition) is 4. The van der Waals surface area contributed by atoms with Crippen molar-refractivity contribution in [1.82, 2.24) is 30.6 Å². The lowest BCUT2D eigenvalue weighted by molar-refractivity contribution is -0.122. The van der Waals surface area contributed by atoms with Crippen LogP contribution in [0.4, 0.5) is 0 Å². The normalized spacial score (nSPS) is 17.2. The Labute approximate surface area is 230 Å². The van der Waals surface area contributed by atoms with Crippen molar-refractivity contribution in [2.24, 2.45) is 9.98 Å². The van der Waals surface area contributed by atoms with E-state index in [1.54, 1.807) is 0 Å². The Morgan fingerprint density at radius 1 is 0.925 bits per heavy atom. The summed E-state index contributed by atoms with van der Waals surface area (Å²) in [4.78, 5) is 46.4. The van der Waals surface area contributed by atoms with Gasteiger partial charge in [0.05, 0.1) is 31.4 Å². The van der Waals surface area contributed by atoms with Crippen LogP contribution in [-0.2, 0) is 4.79 Å². The van der Waals surface area contributed by atoms with Crippen molar-refractivity contribution in [2.75, 3.05) is 13.2 Å². The van der Waals surface area contributed by atoms with Crippen LogP contribution in [0.1, 0.15) is 38.4 Å². The number of amides is 1. The average Bonchev–Trinajstić information content (AvgIpc) is 3.66. The van der Waals surface area contributed by atoms with Gasteiger partial charge >= 0.3 is 0 Å². The van der Waals surface area contributed by atoms with Gasteiger partial charge in [0.25, 0.3) is 11.5 Å². The summed E-state index contributed by atoms with van der Waals surface area (Å²) >= 11 is 0. The molecule has 2 aliphatic heterocycles. The first-order chi connectivity index (χ1) is 19.6. The standard InChI is InChI=1S/C14H16N4O2.C14H14N4O2/c2*1-2-7-20-10-6-4-3-5-9(10)12-17-13-11(14(19)18-12)15-8-16-13/h3-6,8,11-12H,2,7H2,1H3,(H,18,19)(H,15,16,17);3-6,8H,2,7H2,1H3,(H2,15,16,17,18,19). The number of carbonyl (C=O) groups excluding carboxylic acids is 1. The van der Waals surface area contributed by atoms with Crippen LogP contribution in [0.3, 0.4) is 0 Å². The number of aromatic amines is 2. The first-order valence-electron chi connectivity index (χ1n) is 13.1.